The maximum atomic E-state index is 10.6. The molecule has 2 rings (SSSR count). The van der Waals surface area contributed by atoms with Crippen molar-refractivity contribution in [3.63, 3.8) is 0 Å². The molecular formula is C17H25N3O. The van der Waals surface area contributed by atoms with E-state index in [0.29, 0.717) is 6.54 Å². The van der Waals surface area contributed by atoms with Gasteiger partial charge >= 0.3 is 0 Å². The highest BCUT2D eigenvalue weighted by Gasteiger charge is 2.25. The Bertz CT molecular complexity index is 616. The molecule has 1 aromatic heterocycles. The Hall–Kier alpha value is -1.65. The highest BCUT2D eigenvalue weighted by atomic mass is 16.3. The van der Waals surface area contributed by atoms with Gasteiger partial charge in [-0.15, -0.1) is 0 Å². The second kappa shape index (κ2) is 6.00. The first kappa shape index (κ1) is 15.7. The van der Waals surface area contributed by atoms with Gasteiger partial charge in [0.15, 0.2) is 0 Å². The first-order valence-electron chi connectivity index (χ1n) is 7.31. The molecule has 114 valence electrons. The largest absolute Gasteiger partial charge is 0.384 e. The molecular weight excluding hydrogens is 262 g/mol. The summed E-state index contributed by atoms with van der Waals surface area (Å²) in [6.45, 7) is 8.64. The van der Waals surface area contributed by atoms with Gasteiger partial charge in [0.25, 0.3) is 0 Å². The van der Waals surface area contributed by atoms with Gasteiger partial charge in [0, 0.05) is 31.4 Å². The van der Waals surface area contributed by atoms with Crippen LogP contribution in [0.25, 0.3) is 0 Å². The van der Waals surface area contributed by atoms with Crippen LogP contribution in [0.15, 0.2) is 30.6 Å². The van der Waals surface area contributed by atoms with Crippen LogP contribution in [0.5, 0.6) is 0 Å². The second-order valence-electron chi connectivity index (χ2n) is 6.12. The maximum absolute atomic E-state index is 10.6. The van der Waals surface area contributed by atoms with Crippen molar-refractivity contribution in [1.29, 1.82) is 0 Å². The Morgan fingerprint density at radius 1 is 1.33 bits per heavy atom. The highest BCUT2D eigenvalue weighted by Crippen LogP contribution is 2.21. The Labute approximate surface area is 126 Å². The lowest BCUT2D eigenvalue weighted by Gasteiger charge is -2.25. The average Bonchev–Trinajstić information content (AvgIpc) is 2.87. The van der Waals surface area contributed by atoms with Crippen molar-refractivity contribution in [2.45, 2.75) is 39.3 Å². The number of aliphatic hydroxyl groups is 1. The van der Waals surface area contributed by atoms with Crippen LogP contribution in [-0.4, -0.2) is 21.4 Å². The van der Waals surface area contributed by atoms with Crippen LogP contribution in [0.2, 0.25) is 0 Å². The van der Waals surface area contributed by atoms with Gasteiger partial charge in [-0.2, -0.15) is 5.10 Å². The second-order valence-corrected chi connectivity index (χ2v) is 6.12. The van der Waals surface area contributed by atoms with Crippen LogP contribution in [0.3, 0.4) is 0 Å². The normalized spacial score (nSPS) is 15.7. The lowest BCUT2D eigenvalue weighted by molar-refractivity contribution is 0.0543. The number of hydrogen-bond acceptors (Lipinski definition) is 3. The van der Waals surface area contributed by atoms with Gasteiger partial charge in [-0.05, 0) is 44.4 Å². The van der Waals surface area contributed by atoms with Crippen molar-refractivity contribution in [2.75, 3.05) is 6.54 Å². The van der Waals surface area contributed by atoms with Gasteiger partial charge in [-0.1, -0.05) is 18.2 Å². The van der Waals surface area contributed by atoms with E-state index in [1.165, 1.54) is 16.7 Å². The predicted molar refractivity (Wildman–Crippen MR) is 85.1 cm³/mol. The quantitative estimate of drug-likeness (QED) is 0.888. The van der Waals surface area contributed by atoms with Crippen molar-refractivity contribution in [1.82, 2.24) is 15.1 Å². The van der Waals surface area contributed by atoms with Crippen LogP contribution < -0.4 is 5.32 Å². The molecule has 0 radical (unpaired) electrons. The summed E-state index contributed by atoms with van der Waals surface area (Å²) in [5.41, 5.74) is 3.72. The summed E-state index contributed by atoms with van der Waals surface area (Å²) in [5, 5.41) is 18.1. The van der Waals surface area contributed by atoms with E-state index in [1.807, 2.05) is 20.2 Å². The molecule has 1 heterocycles. The fourth-order valence-corrected chi connectivity index (χ4v) is 2.31. The van der Waals surface area contributed by atoms with Gasteiger partial charge in [-0.3, -0.25) is 4.68 Å². The van der Waals surface area contributed by atoms with E-state index < -0.39 is 5.60 Å². The third-order valence-corrected chi connectivity index (χ3v) is 4.11. The summed E-state index contributed by atoms with van der Waals surface area (Å²) < 4.78 is 1.70. The van der Waals surface area contributed by atoms with Crippen molar-refractivity contribution in [3.05, 3.63) is 52.8 Å². The molecule has 4 heteroatoms. The van der Waals surface area contributed by atoms with Gasteiger partial charge in [-0.25, -0.2) is 0 Å². The van der Waals surface area contributed by atoms with Gasteiger partial charge < -0.3 is 10.4 Å². The van der Waals surface area contributed by atoms with Crippen molar-refractivity contribution < 1.29 is 5.11 Å². The molecule has 0 saturated carbocycles. The molecule has 0 bridgehead atoms. The smallest absolute Gasteiger partial charge is 0.102 e. The predicted octanol–water partition coefficient (Wildman–Crippen LogP) is 2.60. The number of benzene rings is 1. The van der Waals surface area contributed by atoms with Crippen molar-refractivity contribution in [2.24, 2.45) is 7.05 Å². The fourth-order valence-electron chi connectivity index (χ4n) is 2.31. The van der Waals surface area contributed by atoms with E-state index in [4.69, 9.17) is 0 Å². The molecule has 4 nitrogen and oxygen atoms in total. The standard InChI is InChI=1S/C17H25N3O/c1-12-6-7-15(8-13(12)2)14(3)18-11-17(4,21)16-9-19-20(5)10-16/h6-10,14,18,21H,11H2,1-5H3. The summed E-state index contributed by atoms with van der Waals surface area (Å²) in [5.74, 6) is 0. The first-order chi connectivity index (χ1) is 9.79. The molecule has 0 aliphatic carbocycles. The van der Waals surface area contributed by atoms with Crippen LogP contribution in [-0.2, 0) is 12.6 Å². The zero-order chi connectivity index (χ0) is 15.6. The van der Waals surface area contributed by atoms with E-state index in [1.54, 1.807) is 10.9 Å². The lowest BCUT2D eigenvalue weighted by Crippen LogP contribution is -2.36. The number of rotatable bonds is 5. The summed E-state index contributed by atoms with van der Waals surface area (Å²) in [7, 11) is 1.85. The lowest BCUT2D eigenvalue weighted by atomic mass is 9.97. The molecule has 0 amide bonds. The third-order valence-electron chi connectivity index (χ3n) is 4.11. The molecule has 2 unspecified atom stereocenters. The zero-order valence-electron chi connectivity index (χ0n) is 13.5. The summed E-state index contributed by atoms with van der Waals surface area (Å²) in [4.78, 5) is 0. The molecule has 0 saturated heterocycles. The summed E-state index contributed by atoms with van der Waals surface area (Å²) in [6.07, 6.45) is 3.56. The fraction of sp³-hybridized carbons (Fsp3) is 0.471. The highest BCUT2D eigenvalue weighted by molar-refractivity contribution is 5.31. The Balaban J connectivity index is 2.03. The van der Waals surface area contributed by atoms with E-state index in [0.717, 1.165) is 5.56 Å². The minimum atomic E-state index is -0.928. The summed E-state index contributed by atoms with van der Waals surface area (Å²) in [6, 6.07) is 6.67. The molecule has 2 N–H and O–H groups in total. The molecule has 0 spiro atoms. The molecule has 2 atom stereocenters. The Morgan fingerprint density at radius 2 is 2.05 bits per heavy atom. The Morgan fingerprint density at radius 3 is 2.62 bits per heavy atom. The number of aryl methyl sites for hydroxylation is 3. The van der Waals surface area contributed by atoms with E-state index in [-0.39, 0.29) is 6.04 Å². The SMILES string of the molecule is Cc1ccc(C(C)NCC(C)(O)c2cnn(C)c2)cc1C. The zero-order valence-corrected chi connectivity index (χ0v) is 13.5. The third kappa shape index (κ3) is 3.71. The minimum Gasteiger partial charge on any atom is -0.384 e. The average molecular weight is 287 g/mol. The summed E-state index contributed by atoms with van der Waals surface area (Å²) >= 11 is 0. The minimum absolute atomic E-state index is 0.187. The van der Waals surface area contributed by atoms with E-state index in [2.05, 4.69) is 49.4 Å². The molecule has 0 aliphatic rings. The van der Waals surface area contributed by atoms with Gasteiger partial charge in [0.2, 0.25) is 0 Å². The molecule has 21 heavy (non-hydrogen) atoms. The maximum Gasteiger partial charge on any atom is 0.102 e. The molecule has 0 fully saturated rings. The van der Waals surface area contributed by atoms with E-state index >= 15 is 0 Å². The topological polar surface area (TPSA) is 50.1 Å². The van der Waals surface area contributed by atoms with Crippen LogP contribution in [0, 0.1) is 13.8 Å². The van der Waals surface area contributed by atoms with Crippen LogP contribution in [0.1, 0.15) is 42.1 Å². The van der Waals surface area contributed by atoms with Gasteiger partial charge in [0.1, 0.15) is 5.60 Å². The van der Waals surface area contributed by atoms with Crippen molar-refractivity contribution >= 4 is 0 Å². The molecule has 0 aliphatic heterocycles. The number of nitrogens with zero attached hydrogens (tertiary/aromatic N) is 2. The monoisotopic (exact) mass is 287 g/mol. The van der Waals surface area contributed by atoms with Crippen molar-refractivity contribution in [3.8, 4) is 0 Å². The molecule has 1 aromatic carbocycles. The molecule has 2 aromatic rings. The number of aromatic nitrogens is 2. The van der Waals surface area contributed by atoms with Gasteiger partial charge in [0.05, 0.1) is 6.20 Å². The number of nitrogens with one attached hydrogen (secondary N) is 1. The Kier molecular flexibility index (Phi) is 4.49. The van der Waals surface area contributed by atoms with Crippen LogP contribution in [0.4, 0.5) is 0 Å². The number of hydrogen-bond donors (Lipinski definition) is 2. The first-order valence-corrected chi connectivity index (χ1v) is 7.31. The van der Waals surface area contributed by atoms with E-state index in [9.17, 15) is 5.11 Å². The van der Waals surface area contributed by atoms with Crippen LogP contribution >= 0.6 is 0 Å².